The molecule has 474 valence electrons. The molecule has 28 heteroatoms. The lowest BCUT2D eigenvalue weighted by molar-refractivity contribution is -0.143. The van der Waals surface area contributed by atoms with Crippen LogP contribution in [0.3, 0.4) is 0 Å². The lowest BCUT2D eigenvalue weighted by atomic mass is 9.99. The van der Waals surface area contributed by atoms with Crippen LogP contribution in [-0.2, 0) is 67.2 Å². The first-order valence-corrected chi connectivity index (χ1v) is 29.1. The van der Waals surface area contributed by atoms with Gasteiger partial charge in [0.2, 0.25) is 59.1 Å². The molecular formula is C59H87N17O11. The third-order valence-corrected chi connectivity index (χ3v) is 14.1. The van der Waals surface area contributed by atoms with Crippen molar-refractivity contribution in [2.24, 2.45) is 56.0 Å². The molecule has 0 bridgehead atoms. The van der Waals surface area contributed by atoms with Crippen LogP contribution in [0, 0.1) is 5.92 Å². The Bertz CT molecular complexity index is 2830. The average Bonchev–Trinajstić information content (AvgIpc) is 2.38. The minimum atomic E-state index is -1.70. The molecule has 0 unspecified atom stereocenters. The zero-order chi connectivity index (χ0) is 64.0. The number of ether oxygens (including phenoxy) is 1. The maximum atomic E-state index is 14.6. The molecule has 4 rings (SSSR count). The number of nitrogens with zero attached hydrogens (tertiary/aromatic N) is 3. The van der Waals surface area contributed by atoms with Gasteiger partial charge < -0.3 is 87.0 Å². The molecule has 21 N–H and O–H groups in total. The molecule has 0 radical (unpaired) electrons. The van der Waals surface area contributed by atoms with Crippen molar-refractivity contribution >= 4 is 71.0 Å². The van der Waals surface area contributed by atoms with Crippen molar-refractivity contribution in [2.75, 3.05) is 32.8 Å². The number of hydrogen-bond donors (Lipinski definition) is 14. The van der Waals surface area contributed by atoms with E-state index in [0.29, 0.717) is 35.5 Å². The lowest BCUT2D eigenvalue weighted by Gasteiger charge is -2.31. The number of rotatable bonds is 37. The normalized spacial score (nSPS) is 15.1. The van der Waals surface area contributed by atoms with E-state index in [4.69, 9.17) is 44.9 Å². The van der Waals surface area contributed by atoms with Crippen molar-refractivity contribution < 1.29 is 52.7 Å². The summed E-state index contributed by atoms with van der Waals surface area (Å²) in [6, 6.07) is 14.2. The van der Waals surface area contributed by atoms with Gasteiger partial charge in [0.15, 0.2) is 11.9 Å². The van der Waals surface area contributed by atoms with Crippen molar-refractivity contribution in [3.8, 4) is 5.75 Å². The quantitative estimate of drug-likeness (QED) is 0.0159. The standard InChI is InChI=1S/C59H87N17O11/c1-4-87-39-25-23-38(24-26-39)32-43(69-48(78)33-37-17-9-6-10-18-37)52(81)73-44(31-36-15-7-5-8-16-36)54(83)75-49(35(2)3)56(85)74-45(34-47(61)77)53(82)72-42(19-11-27-60)57(86)76-30-14-22-46(76)55(84)71-41(21-13-29-68-59(65)66)51(80)70-40(50(62)79)20-12-28-67-58(63)64/h5-10,15-18,23-26,35,40-46,49H,4,11-14,19-22,27-34,60H2,1-3H3,(H2,61,77)(H2,62,79)(H,69,78)(H,70,80)(H,71,84)(H,72,82)(H,73,81)(H,74,85)(H,75,83)(H4,63,64,67)(H4,65,66,68)/t40-,41-,42-,43+,44-,45-,46-,49-/m0/s1. The summed E-state index contributed by atoms with van der Waals surface area (Å²) in [6.07, 6.45) is 0.373. The Morgan fingerprint density at radius 3 is 1.61 bits per heavy atom. The highest BCUT2D eigenvalue weighted by molar-refractivity contribution is 5.99. The van der Waals surface area contributed by atoms with Gasteiger partial charge in [-0.2, -0.15) is 0 Å². The van der Waals surface area contributed by atoms with Crippen LogP contribution in [0.1, 0.15) is 95.2 Å². The van der Waals surface area contributed by atoms with Crippen LogP contribution < -0.4 is 82.1 Å². The van der Waals surface area contributed by atoms with Crippen molar-refractivity contribution in [3.63, 3.8) is 0 Å². The first-order chi connectivity index (χ1) is 41.5. The maximum Gasteiger partial charge on any atom is 0.245 e. The third kappa shape index (κ3) is 24.7. The molecule has 1 heterocycles. The van der Waals surface area contributed by atoms with Crippen LogP contribution in [0.4, 0.5) is 0 Å². The van der Waals surface area contributed by atoms with E-state index in [1.807, 2.05) is 13.0 Å². The molecule has 10 amide bonds. The Hall–Kier alpha value is -9.34. The number of benzene rings is 3. The molecular weight excluding hydrogens is 1120 g/mol. The van der Waals surface area contributed by atoms with E-state index >= 15 is 0 Å². The Labute approximate surface area is 506 Å². The number of aliphatic imine (C=N–C) groups is 2. The molecule has 87 heavy (non-hydrogen) atoms. The van der Waals surface area contributed by atoms with Gasteiger partial charge in [-0.25, -0.2) is 0 Å². The predicted molar refractivity (Wildman–Crippen MR) is 326 cm³/mol. The molecule has 0 aromatic heterocycles. The molecule has 1 fully saturated rings. The van der Waals surface area contributed by atoms with Crippen LogP contribution in [0.2, 0.25) is 0 Å². The number of amides is 10. The van der Waals surface area contributed by atoms with Gasteiger partial charge in [0.25, 0.3) is 0 Å². The topological polar surface area (TPSA) is 474 Å². The van der Waals surface area contributed by atoms with Crippen molar-refractivity contribution in [3.05, 3.63) is 102 Å². The van der Waals surface area contributed by atoms with E-state index in [1.54, 1.807) is 92.7 Å². The zero-order valence-electron chi connectivity index (χ0n) is 49.7. The van der Waals surface area contributed by atoms with Gasteiger partial charge in [0.1, 0.15) is 54.1 Å². The van der Waals surface area contributed by atoms with Gasteiger partial charge in [0, 0.05) is 32.5 Å². The summed E-state index contributed by atoms with van der Waals surface area (Å²) in [5, 5.41) is 18.8. The maximum absolute atomic E-state index is 14.6. The van der Waals surface area contributed by atoms with E-state index < -0.39 is 120 Å². The number of nitrogens with two attached hydrogens (primary N) is 7. The Balaban J connectivity index is 1.55. The minimum Gasteiger partial charge on any atom is -0.494 e. The molecule has 1 aliphatic rings. The van der Waals surface area contributed by atoms with E-state index in [0.717, 1.165) is 0 Å². The fraction of sp³-hybridized carbons (Fsp3) is 0.492. The highest BCUT2D eigenvalue weighted by Crippen LogP contribution is 2.21. The number of guanidine groups is 2. The fourth-order valence-corrected chi connectivity index (χ4v) is 9.61. The number of nitrogens with one attached hydrogen (secondary N) is 7. The summed E-state index contributed by atoms with van der Waals surface area (Å²) in [4.78, 5) is 148. The third-order valence-electron chi connectivity index (χ3n) is 14.1. The van der Waals surface area contributed by atoms with Crippen LogP contribution in [0.25, 0.3) is 0 Å². The van der Waals surface area contributed by atoms with E-state index in [-0.39, 0.29) is 102 Å². The smallest absolute Gasteiger partial charge is 0.245 e. The van der Waals surface area contributed by atoms with Gasteiger partial charge >= 0.3 is 0 Å². The number of hydrogen-bond acceptors (Lipinski definition) is 14. The molecule has 1 aliphatic heterocycles. The molecule has 1 saturated heterocycles. The Kier molecular flexibility index (Phi) is 29.4. The summed E-state index contributed by atoms with van der Waals surface area (Å²) >= 11 is 0. The Morgan fingerprint density at radius 1 is 0.563 bits per heavy atom. The molecule has 0 spiro atoms. The van der Waals surface area contributed by atoms with Crippen molar-refractivity contribution in [1.82, 2.24) is 42.1 Å². The van der Waals surface area contributed by atoms with Crippen LogP contribution >= 0.6 is 0 Å². The summed E-state index contributed by atoms with van der Waals surface area (Å²) < 4.78 is 5.59. The van der Waals surface area contributed by atoms with Gasteiger partial charge in [-0.1, -0.05) is 86.6 Å². The number of likely N-dealkylation sites (tertiary alicyclic amines) is 1. The second-order valence-corrected chi connectivity index (χ2v) is 21.4. The number of carbonyl (C=O) groups is 10. The summed E-state index contributed by atoms with van der Waals surface area (Å²) in [6.45, 7) is 5.90. The zero-order valence-corrected chi connectivity index (χ0v) is 49.7. The summed E-state index contributed by atoms with van der Waals surface area (Å²) in [5.41, 5.74) is 40.9. The van der Waals surface area contributed by atoms with Crippen LogP contribution in [0.15, 0.2) is 94.9 Å². The average molecular weight is 1210 g/mol. The van der Waals surface area contributed by atoms with Gasteiger partial charge in [0.05, 0.1) is 19.4 Å². The summed E-state index contributed by atoms with van der Waals surface area (Å²) in [7, 11) is 0. The molecule has 8 atom stereocenters. The van der Waals surface area contributed by atoms with Crippen molar-refractivity contribution in [1.29, 1.82) is 0 Å². The van der Waals surface area contributed by atoms with Crippen LogP contribution in [-0.4, -0.2) is 157 Å². The van der Waals surface area contributed by atoms with E-state index in [2.05, 4.69) is 47.2 Å². The van der Waals surface area contributed by atoms with Gasteiger partial charge in [-0.15, -0.1) is 0 Å². The first kappa shape index (κ1) is 70.1. The molecule has 3 aromatic carbocycles. The SMILES string of the molecule is CCOc1ccc(C[C@@H](NC(=O)Cc2ccccc2)C(=O)N[C@@H](Cc2ccccc2)C(=O)N[C@H](C(=O)N[C@@H](CC(N)=O)C(=O)N[C@@H](CCCN)C(=O)N2CCC[C@H]2C(=O)N[C@@H](CCCN=C(N)N)C(=O)N[C@@H](CCCN=C(N)N)C(N)=O)C(C)C)cc1. The minimum absolute atomic E-state index is 0.00778. The van der Waals surface area contributed by atoms with E-state index in [1.165, 1.54) is 4.90 Å². The lowest BCUT2D eigenvalue weighted by Crippen LogP contribution is -2.61. The van der Waals surface area contributed by atoms with Gasteiger partial charge in [-0.05, 0) is 99.6 Å². The second-order valence-electron chi connectivity index (χ2n) is 21.4. The molecule has 0 saturated carbocycles. The van der Waals surface area contributed by atoms with Crippen LogP contribution in [0.5, 0.6) is 5.75 Å². The summed E-state index contributed by atoms with van der Waals surface area (Å²) in [5.74, 6) is -8.34. The Morgan fingerprint density at radius 2 is 1.06 bits per heavy atom. The molecule has 28 nitrogen and oxygen atoms in total. The second kappa shape index (κ2) is 36.5. The fourth-order valence-electron chi connectivity index (χ4n) is 9.61. The number of carbonyl (C=O) groups excluding carboxylic acids is 10. The number of primary amides is 2. The molecule has 3 aromatic rings. The van der Waals surface area contributed by atoms with Gasteiger partial charge in [-0.3, -0.25) is 57.9 Å². The highest BCUT2D eigenvalue weighted by Gasteiger charge is 2.41. The first-order valence-electron chi connectivity index (χ1n) is 29.1. The molecule has 0 aliphatic carbocycles. The largest absolute Gasteiger partial charge is 0.494 e. The monoisotopic (exact) mass is 1210 g/mol. The van der Waals surface area contributed by atoms with Crippen molar-refractivity contribution in [2.45, 2.75) is 146 Å². The highest BCUT2D eigenvalue weighted by atomic mass is 16.5. The van der Waals surface area contributed by atoms with E-state index in [9.17, 15) is 47.9 Å². The predicted octanol–water partition coefficient (Wildman–Crippen LogP) is -2.64.